The summed E-state index contributed by atoms with van der Waals surface area (Å²) in [5, 5.41) is 17.8. The van der Waals surface area contributed by atoms with Gasteiger partial charge in [-0.25, -0.2) is 0 Å². The van der Waals surface area contributed by atoms with Crippen LogP contribution in [-0.4, -0.2) is 33.4 Å². The third-order valence-corrected chi connectivity index (χ3v) is 3.11. The molecule has 0 atom stereocenters. The van der Waals surface area contributed by atoms with Crippen molar-refractivity contribution in [3.8, 4) is 6.07 Å². The van der Waals surface area contributed by atoms with Crippen LogP contribution in [0.4, 0.5) is 0 Å². The highest BCUT2D eigenvalue weighted by molar-refractivity contribution is 5.84. The van der Waals surface area contributed by atoms with E-state index >= 15 is 0 Å². The number of carbonyl (C=O) groups is 2. The number of hydrogen-bond acceptors (Lipinski definition) is 4. The summed E-state index contributed by atoms with van der Waals surface area (Å²) in [4.78, 5) is 28.9. The molecule has 21 heavy (non-hydrogen) atoms. The van der Waals surface area contributed by atoms with Crippen molar-refractivity contribution in [1.82, 2.24) is 9.88 Å². The number of carboxylic acids is 1. The van der Waals surface area contributed by atoms with Gasteiger partial charge in [0.15, 0.2) is 0 Å². The highest BCUT2D eigenvalue weighted by atomic mass is 16.4. The molecule has 0 fully saturated rings. The maximum absolute atomic E-state index is 12.3. The predicted octanol–water partition coefficient (Wildman–Crippen LogP) is 1.82. The molecule has 1 aromatic heterocycles. The third-order valence-electron chi connectivity index (χ3n) is 3.11. The minimum Gasteiger partial charge on any atom is -0.481 e. The van der Waals surface area contributed by atoms with Crippen LogP contribution in [0.1, 0.15) is 32.3 Å². The Labute approximate surface area is 124 Å². The number of aliphatic carboxylic acids is 1. The number of carbonyl (C=O) groups excluding carboxylic acids is 1. The van der Waals surface area contributed by atoms with Gasteiger partial charge in [0.1, 0.15) is 0 Å². The van der Waals surface area contributed by atoms with Crippen LogP contribution in [0.15, 0.2) is 24.5 Å². The summed E-state index contributed by atoms with van der Waals surface area (Å²) in [6.45, 7) is 3.63. The first kappa shape index (κ1) is 16.6. The van der Waals surface area contributed by atoms with Crippen LogP contribution < -0.4 is 0 Å². The number of carboxylic acid groups (broad SMARTS) is 1. The van der Waals surface area contributed by atoms with Crippen LogP contribution in [0.5, 0.6) is 0 Å². The fourth-order valence-electron chi connectivity index (χ4n) is 1.75. The molecule has 0 spiro atoms. The van der Waals surface area contributed by atoms with Crippen molar-refractivity contribution in [2.45, 2.75) is 33.2 Å². The number of amides is 1. The van der Waals surface area contributed by atoms with Crippen LogP contribution in [0, 0.1) is 16.7 Å². The first-order chi connectivity index (χ1) is 9.86. The lowest BCUT2D eigenvalue weighted by Gasteiger charge is -2.26. The molecule has 1 heterocycles. The fraction of sp³-hybridized carbons (Fsp3) is 0.467. The number of hydrogen-bond donors (Lipinski definition) is 1. The molecule has 0 aliphatic rings. The average molecular weight is 289 g/mol. The minimum absolute atomic E-state index is 0.103. The number of nitrogens with zero attached hydrogens (tertiary/aromatic N) is 3. The predicted molar refractivity (Wildman–Crippen MR) is 75.9 cm³/mol. The second kappa shape index (κ2) is 7.39. The van der Waals surface area contributed by atoms with E-state index in [0.717, 1.165) is 5.56 Å². The Kier molecular flexibility index (Phi) is 5.85. The van der Waals surface area contributed by atoms with E-state index in [1.54, 1.807) is 18.5 Å². The Hall–Kier alpha value is -2.42. The first-order valence-electron chi connectivity index (χ1n) is 6.64. The van der Waals surface area contributed by atoms with Crippen LogP contribution in [0.3, 0.4) is 0 Å². The second-order valence-electron chi connectivity index (χ2n) is 5.45. The normalized spacial score (nSPS) is 10.7. The summed E-state index contributed by atoms with van der Waals surface area (Å²) < 4.78 is 0. The maximum Gasteiger partial charge on any atom is 0.309 e. The number of aromatic nitrogens is 1. The quantitative estimate of drug-likeness (QED) is 0.826. The highest BCUT2D eigenvalue weighted by Crippen LogP contribution is 2.22. The Morgan fingerprint density at radius 2 is 2.19 bits per heavy atom. The lowest BCUT2D eigenvalue weighted by molar-refractivity contribution is -0.151. The Morgan fingerprint density at radius 1 is 1.48 bits per heavy atom. The fourth-order valence-corrected chi connectivity index (χ4v) is 1.75. The molecule has 0 radical (unpaired) electrons. The van der Waals surface area contributed by atoms with Gasteiger partial charge in [-0.15, -0.1) is 0 Å². The van der Waals surface area contributed by atoms with Crippen LogP contribution in [0.25, 0.3) is 0 Å². The molecule has 0 aliphatic heterocycles. The van der Waals surface area contributed by atoms with Gasteiger partial charge in [-0.05, 0) is 25.5 Å². The van der Waals surface area contributed by atoms with Crippen molar-refractivity contribution in [1.29, 1.82) is 5.26 Å². The average Bonchev–Trinajstić information content (AvgIpc) is 2.43. The standard InChI is InChI=1S/C15H19N3O3/c1-15(2,14(20)21)9-13(19)18(8-4-6-16)11-12-5-3-7-17-10-12/h3,5,7,10H,4,8-9,11H2,1-2H3,(H,20,21). The van der Waals surface area contributed by atoms with Crippen LogP contribution in [0.2, 0.25) is 0 Å². The van der Waals surface area contributed by atoms with Gasteiger partial charge in [0.2, 0.25) is 5.91 Å². The van der Waals surface area contributed by atoms with E-state index in [1.165, 1.54) is 18.7 Å². The summed E-state index contributed by atoms with van der Waals surface area (Å²) >= 11 is 0. The van der Waals surface area contributed by atoms with E-state index in [0.29, 0.717) is 6.54 Å². The SMILES string of the molecule is CC(C)(CC(=O)N(CCC#N)Cc1cccnc1)C(=O)O. The number of pyridine rings is 1. The smallest absolute Gasteiger partial charge is 0.309 e. The Balaban J connectivity index is 2.80. The van der Waals surface area contributed by atoms with E-state index in [-0.39, 0.29) is 25.3 Å². The summed E-state index contributed by atoms with van der Waals surface area (Å²) in [6, 6.07) is 5.60. The zero-order valence-electron chi connectivity index (χ0n) is 12.2. The number of nitriles is 1. The van der Waals surface area contributed by atoms with Gasteiger partial charge in [-0.3, -0.25) is 14.6 Å². The third kappa shape index (κ3) is 5.22. The minimum atomic E-state index is -1.13. The molecule has 1 rings (SSSR count). The molecule has 6 heteroatoms. The molecular weight excluding hydrogens is 270 g/mol. The molecule has 0 aromatic carbocycles. The zero-order chi connectivity index (χ0) is 15.9. The van der Waals surface area contributed by atoms with Gasteiger partial charge in [0, 0.05) is 31.9 Å². The van der Waals surface area contributed by atoms with Crippen LogP contribution in [-0.2, 0) is 16.1 Å². The molecule has 0 saturated heterocycles. The highest BCUT2D eigenvalue weighted by Gasteiger charge is 2.32. The van der Waals surface area contributed by atoms with Gasteiger partial charge in [0.05, 0.1) is 17.9 Å². The molecule has 1 N–H and O–H groups in total. The van der Waals surface area contributed by atoms with Crippen molar-refractivity contribution in [2.24, 2.45) is 5.41 Å². The molecule has 0 aliphatic carbocycles. The molecule has 0 saturated carbocycles. The van der Waals surface area contributed by atoms with Gasteiger partial charge in [-0.1, -0.05) is 6.07 Å². The van der Waals surface area contributed by atoms with E-state index in [4.69, 9.17) is 10.4 Å². The summed E-state index contributed by atoms with van der Waals surface area (Å²) in [5.41, 5.74) is -0.284. The van der Waals surface area contributed by atoms with Crippen molar-refractivity contribution in [3.63, 3.8) is 0 Å². The van der Waals surface area contributed by atoms with E-state index in [1.807, 2.05) is 12.1 Å². The molecule has 0 unspecified atom stereocenters. The molecule has 1 aromatic rings. The maximum atomic E-state index is 12.3. The molecular formula is C15H19N3O3. The molecule has 6 nitrogen and oxygen atoms in total. The van der Waals surface area contributed by atoms with Crippen LogP contribution >= 0.6 is 0 Å². The van der Waals surface area contributed by atoms with Crippen molar-refractivity contribution in [2.75, 3.05) is 6.54 Å². The Bertz CT molecular complexity index is 535. The Morgan fingerprint density at radius 3 is 2.71 bits per heavy atom. The molecule has 1 amide bonds. The van der Waals surface area contributed by atoms with Gasteiger partial charge in [0.25, 0.3) is 0 Å². The van der Waals surface area contributed by atoms with E-state index < -0.39 is 11.4 Å². The van der Waals surface area contributed by atoms with E-state index in [9.17, 15) is 9.59 Å². The first-order valence-corrected chi connectivity index (χ1v) is 6.64. The van der Waals surface area contributed by atoms with Crippen molar-refractivity contribution < 1.29 is 14.7 Å². The summed E-state index contributed by atoms with van der Waals surface area (Å²) in [6.07, 6.45) is 3.39. The number of rotatable bonds is 7. The summed E-state index contributed by atoms with van der Waals surface area (Å²) in [5.74, 6) is -1.29. The summed E-state index contributed by atoms with van der Waals surface area (Å²) in [7, 11) is 0. The monoisotopic (exact) mass is 289 g/mol. The van der Waals surface area contributed by atoms with Gasteiger partial charge < -0.3 is 10.0 Å². The van der Waals surface area contributed by atoms with Gasteiger partial charge >= 0.3 is 5.97 Å². The second-order valence-corrected chi connectivity index (χ2v) is 5.45. The molecule has 0 bridgehead atoms. The lowest BCUT2D eigenvalue weighted by atomic mass is 9.89. The topological polar surface area (TPSA) is 94.3 Å². The van der Waals surface area contributed by atoms with Gasteiger partial charge in [-0.2, -0.15) is 5.26 Å². The van der Waals surface area contributed by atoms with Crippen molar-refractivity contribution >= 4 is 11.9 Å². The van der Waals surface area contributed by atoms with E-state index in [2.05, 4.69) is 4.98 Å². The van der Waals surface area contributed by atoms with Crippen molar-refractivity contribution in [3.05, 3.63) is 30.1 Å². The molecule has 112 valence electrons. The largest absolute Gasteiger partial charge is 0.481 e. The zero-order valence-corrected chi connectivity index (χ0v) is 12.2. The lowest BCUT2D eigenvalue weighted by Crippen LogP contribution is -2.37.